The van der Waals surface area contributed by atoms with Gasteiger partial charge in [-0.15, -0.1) is 0 Å². The fourth-order valence-corrected chi connectivity index (χ4v) is 2.85. The molecule has 0 saturated heterocycles. The summed E-state index contributed by atoms with van der Waals surface area (Å²) in [6.07, 6.45) is 0.257. The normalized spacial score (nSPS) is 10.6. The second-order valence-corrected chi connectivity index (χ2v) is 6.97. The lowest BCUT2D eigenvalue weighted by atomic mass is 10.1. The molecule has 0 fully saturated rings. The number of nitrogens with one attached hydrogen (secondary N) is 3. The Morgan fingerprint density at radius 1 is 1.03 bits per heavy atom. The number of carbonyl (C=O) groups excluding carboxylic acids is 1. The average Bonchev–Trinajstić information content (AvgIpc) is 2.99. The number of aryl methyl sites for hydroxylation is 4. The van der Waals surface area contributed by atoms with Crippen LogP contribution in [-0.2, 0) is 11.2 Å². The second-order valence-electron chi connectivity index (χ2n) is 6.97. The average molecular weight is 394 g/mol. The summed E-state index contributed by atoms with van der Waals surface area (Å²) in [6, 6.07) is 9.99. The van der Waals surface area contributed by atoms with Gasteiger partial charge in [0.15, 0.2) is 0 Å². The first-order valence-electron chi connectivity index (χ1n) is 9.52. The van der Waals surface area contributed by atoms with Crippen LogP contribution in [0.5, 0.6) is 0 Å². The van der Waals surface area contributed by atoms with Crippen LogP contribution in [0.1, 0.15) is 28.3 Å². The van der Waals surface area contributed by atoms with E-state index in [9.17, 15) is 4.79 Å². The molecule has 2 heterocycles. The van der Waals surface area contributed by atoms with Crippen LogP contribution >= 0.6 is 0 Å². The van der Waals surface area contributed by atoms with Crippen LogP contribution in [0, 0.1) is 27.7 Å². The molecule has 152 valence electrons. The molecule has 3 N–H and O–H groups in total. The molecular formula is C21H26N6O2. The molecule has 0 bridgehead atoms. The molecule has 0 aliphatic rings. The van der Waals surface area contributed by atoms with Gasteiger partial charge in [-0.2, -0.15) is 4.98 Å². The van der Waals surface area contributed by atoms with Gasteiger partial charge in [0, 0.05) is 36.1 Å². The highest BCUT2D eigenvalue weighted by Crippen LogP contribution is 2.17. The van der Waals surface area contributed by atoms with Gasteiger partial charge in [0.2, 0.25) is 11.9 Å². The molecule has 0 saturated carbocycles. The number of anilines is 3. The van der Waals surface area contributed by atoms with E-state index in [2.05, 4.69) is 31.1 Å². The van der Waals surface area contributed by atoms with Gasteiger partial charge in [-0.1, -0.05) is 22.9 Å². The Balaban J connectivity index is 1.49. The predicted molar refractivity (Wildman–Crippen MR) is 112 cm³/mol. The van der Waals surface area contributed by atoms with Gasteiger partial charge in [0.25, 0.3) is 0 Å². The number of nitrogens with zero attached hydrogens (tertiary/aromatic N) is 3. The molecule has 1 aromatic carbocycles. The van der Waals surface area contributed by atoms with Crippen LogP contribution in [0.15, 0.2) is 34.9 Å². The van der Waals surface area contributed by atoms with Crippen LogP contribution < -0.4 is 16.0 Å². The van der Waals surface area contributed by atoms with Crippen LogP contribution in [0.25, 0.3) is 0 Å². The lowest BCUT2D eigenvalue weighted by Crippen LogP contribution is -2.30. The number of carbonyl (C=O) groups is 1. The molecule has 0 radical (unpaired) electrons. The zero-order chi connectivity index (χ0) is 20.8. The van der Waals surface area contributed by atoms with Crippen molar-refractivity contribution in [2.24, 2.45) is 0 Å². The molecule has 29 heavy (non-hydrogen) atoms. The fourth-order valence-electron chi connectivity index (χ4n) is 2.85. The highest BCUT2D eigenvalue weighted by atomic mass is 16.5. The van der Waals surface area contributed by atoms with Gasteiger partial charge in [0.1, 0.15) is 11.6 Å². The Kier molecular flexibility index (Phi) is 6.43. The maximum Gasteiger partial charge on any atom is 0.224 e. The van der Waals surface area contributed by atoms with E-state index in [1.807, 2.05) is 58.0 Å². The summed E-state index contributed by atoms with van der Waals surface area (Å²) in [5.41, 5.74) is 4.60. The van der Waals surface area contributed by atoms with Crippen molar-refractivity contribution in [3.63, 3.8) is 0 Å². The molecule has 1 amide bonds. The van der Waals surface area contributed by atoms with Crippen LogP contribution in [-0.4, -0.2) is 34.1 Å². The minimum absolute atomic E-state index is 0.0758. The van der Waals surface area contributed by atoms with Crippen molar-refractivity contribution in [1.82, 2.24) is 20.4 Å². The van der Waals surface area contributed by atoms with E-state index < -0.39 is 0 Å². The van der Waals surface area contributed by atoms with Crippen molar-refractivity contribution in [2.45, 2.75) is 34.1 Å². The third kappa shape index (κ3) is 5.78. The minimum Gasteiger partial charge on any atom is -0.361 e. The molecule has 0 aliphatic carbocycles. The summed E-state index contributed by atoms with van der Waals surface area (Å²) >= 11 is 0. The van der Waals surface area contributed by atoms with Crippen molar-refractivity contribution < 1.29 is 9.32 Å². The number of aromatic nitrogens is 3. The summed E-state index contributed by atoms with van der Waals surface area (Å²) in [4.78, 5) is 21.0. The zero-order valence-electron chi connectivity index (χ0n) is 17.2. The summed E-state index contributed by atoms with van der Waals surface area (Å²) in [5, 5.41) is 13.2. The van der Waals surface area contributed by atoms with Crippen molar-refractivity contribution in [2.75, 3.05) is 23.7 Å². The molecule has 0 atom stereocenters. The van der Waals surface area contributed by atoms with E-state index in [-0.39, 0.29) is 12.3 Å². The van der Waals surface area contributed by atoms with Gasteiger partial charge >= 0.3 is 0 Å². The summed E-state index contributed by atoms with van der Waals surface area (Å²) < 4.78 is 5.09. The number of benzene rings is 1. The van der Waals surface area contributed by atoms with E-state index in [0.29, 0.717) is 30.6 Å². The Hall–Kier alpha value is -3.42. The van der Waals surface area contributed by atoms with Gasteiger partial charge in [0.05, 0.1) is 12.1 Å². The van der Waals surface area contributed by atoms with Gasteiger partial charge in [-0.3, -0.25) is 4.79 Å². The van der Waals surface area contributed by atoms with Crippen LogP contribution in [0.3, 0.4) is 0 Å². The summed E-state index contributed by atoms with van der Waals surface area (Å²) in [5.74, 6) is 1.83. The Morgan fingerprint density at radius 3 is 2.48 bits per heavy atom. The highest BCUT2D eigenvalue weighted by Gasteiger charge is 2.13. The highest BCUT2D eigenvalue weighted by molar-refractivity contribution is 5.79. The third-order valence-electron chi connectivity index (χ3n) is 4.43. The maximum absolute atomic E-state index is 12.1. The first kappa shape index (κ1) is 20.3. The second kappa shape index (κ2) is 9.18. The van der Waals surface area contributed by atoms with Crippen LogP contribution in [0.2, 0.25) is 0 Å². The fraction of sp³-hybridized carbons (Fsp3) is 0.333. The minimum atomic E-state index is -0.0758. The first-order chi connectivity index (χ1) is 13.9. The largest absolute Gasteiger partial charge is 0.361 e. The smallest absolute Gasteiger partial charge is 0.224 e. The lowest BCUT2D eigenvalue weighted by Gasteiger charge is -2.11. The summed E-state index contributed by atoms with van der Waals surface area (Å²) in [6.45, 7) is 8.58. The van der Waals surface area contributed by atoms with Crippen molar-refractivity contribution >= 4 is 23.4 Å². The maximum atomic E-state index is 12.1. The SMILES string of the molecule is Cc1ccc(Nc2cc(C)nc(NCCNC(=O)Cc3c(C)noc3C)n2)cc1. The van der Waals surface area contributed by atoms with E-state index in [1.54, 1.807) is 0 Å². The standard InChI is InChI=1S/C21H26N6O2/c1-13-5-7-17(8-6-13)25-19-11-14(2)24-21(26-19)23-10-9-22-20(28)12-18-15(3)27-29-16(18)4/h5-8,11H,9-10,12H2,1-4H3,(H,22,28)(H2,23,24,25,26). The van der Waals surface area contributed by atoms with Crippen molar-refractivity contribution in [3.8, 4) is 0 Å². The molecule has 8 heteroatoms. The van der Waals surface area contributed by atoms with E-state index >= 15 is 0 Å². The predicted octanol–water partition coefficient (Wildman–Crippen LogP) is 3.21. The number of hydrogen-bond donors (Lipinski definition) is 3. The molecule has 8 nitrogen and oxygen atoms in total. The van der Waals surface area contributed by atoms with Gasteiger partial charge < -0.3 is 20.5 Å². The quantitative estimate of drug-likeness (QED) is 0.504. The Labute approximate surface area is 170 Å². The summed E-state index contributed by atoms with van der Waals surface area (Å²) in [7, 11) is 0. The van der Waals surface area contributed by atoms with E-state index in [0.717, 1.165) is 22.6 Å². The van der Waals surface area contributed by atoms with E-state index in [1.165, 1.54) is 5.56 Å². The molecule has 0 aliphatic heterocycles. The van der Waals surface area contributed by atoms with Crippen molar-refractivity contribution in [3.05, 3.63) is 58.6 Å². The van der Waals surface area contributed by atoms with Gasteiger partial charge in [-0.25, -0.2) is 4.98 Å². The lowest BCUT2D eigenvalue weighted by molar-refractivity contribution is -0.120. The number of rotatable bonds is 8. The monoisotopic (exact) mass is 394 g/mol. The molecule has 3 aromatic rings. The molecular weight excluding hydrogens is 368 g/mol. The molecule has 3 rings (SSSR count). The van der Waals surface area contributed by atoms with E-state index in [4.69, 9.17) is 4.52 Å². The molecule has 0 spiro atoms. The third-order valence-corrected chi connectivity index (χ3v) is 4.43. The van der Waals surface area contributed by atoms with Crippen molar-refractivity contribution in [1.29, 1.82) is 0 Å². The van der Waals surface area contributed by atoms with Crippen LogP contribution in [0.4, 0.5) is 17.5 Å². The molecule has 0 unspecified atom stereocenters. The molecule has 2 aromatic heterocycles. The number of hydrogen-bond acceptors (Lipinski definition) is 7. The number of amides is 1. The van der Waals surface area contributed by atoms with Gasteiger partial charge in [-0.05, 0) is 39.8 Å². The Morgan fingerprint density at radius 2 is 1.79 bits per heavy atom. The zero-order valence-corrected chi connectivity index (χ0v) is 17.2. The first-order valence-corrected chi connectivity index (χ1v) is 9.52. The topological polar surface area (TPSA) is 105 Å². The Bertz CT molecular complexity index is 962.